The number of rotatable bonds is 4. The van der Waals surface area contributed by atoms with Gasteiger partial charge in [0.25, 0.3) is 0 Å². The summed E-state index contributed by atoms with van der Waals surface area (Å²) >= 11 is 7.02. The van der Waals surface area contributed by atoms with E-state index in [1.54, 1.807) is 48.5 Å². The van der Waals surface area contributed by atoms with Crippen LogP contribution in [0.25, 0.3) is 11.6 Å². The van der Waals surface area contributed by atoms with E-state index in [4.69, 9.17) is 11.6 Å². The molecule has 122 valence electrons. The minimum Gasteiger partial charge on any atom is -0.288 e. The summed E-state index contributed by atoms with van der Waals surface area (Å²) in [7, 11) is 0. The molecule has 0 aliphatic heterocycles. The Bertz CT molecular complexity index is 999. The van der Waals surface area contributed by atoms with Crippen LogP contribution in [0.5, 0.6) is 0 Å². The van der Waals surface area contributed by atoms with Crippen LogP contribution < -0.4 is 0 Å². The minimum atomic E-state index is -0.556. The lowest BCUT2D eigenvalue weighted by molar-refractivity contribution is 0.103. The van der Waals surface area contributed by atoms with Crippen molar-refractivity contribution in [2.45, 2.75) is 0 Å². The molecule has 0 unspecified atom stereocenters. The molecule has 0 N–H and O–H groups in total. The van der Waals surface area contributed by atoms with Crippen molar-refractivity contribution in [1.82, 2.24) is 0 Å². The lowest BCUT2D eigenvalue weighted by atomic mass is 10.1. The molecule has 2 nitrogen and oxygen atoms in total. The van der Waals surface area contributed by atoms with Gasteiger partial charge in [0, 0.05) is 9.90 Å². The monoisotopic (exact) mass is 367 g/mol. The maximum absolute atomic E-state index is 13.8. The number of nitrogens with zero attached hydrogens (tertiary/aromatic N) is 1. The molecule has 1 heterocycles. The maximum atomic E-state index is 13.8. The Morgan fingerprint density at radius 2 is 1.72 bits per heavy atom. The Balaban J connectivity index is 1.92. The van der Waals surface area contributed by atoms with E-state index in [-0.39, 0.29) is 5.56 Å². The molecule has 0 fully saturated rings. The summed E-state index contributed by atoms with van der Waals surface area (Å²) in [5.74, 6) is -0.946. The first-order chi connectivity index (χ1) is 12.1. The fraction of sp³-hybridized carbons (Fsp3) is 0. The highest BCUT2D eigenvalue weighted by Gasteiger charge is 2.16. The topological polar surface area (TPSA) is 40.9 Å². The van der Waals surface area contributed by atoms with E-state index in [1.807, 2.05) is 0 Å². The smallest absolute Gasteiger partial charge is 0.205 e. The van der Waals surface area contributed by atoms with Gasteiger partial charge in [-0.15, -0.1) is 11.3 Å². The van der Waals surface area contributed by atoms with Crippen molar-refractivity contribution < 1.29 is 9.18 Å². The molecule has 0 aliphatic rings. The second kappa shape index (κ2) is 7.43. The normalized spacial score (nSPS) is 11.2. The third-order valence-corrected chi connectivity index (χ3v) is 4.88. The molecule has 0 aliphatic carbocycles. The van der Waals surface area contributed by atoms with Crippen LogP contribution in [0.1, 0.15) is 25.7 Å². The number of hydrogen-bond acceptors (Lipinski definition) is 3. The Morgan fingerprint density at radius 1 is 1.04 bits per heavy atom. The summed E-state index contributed by atoms with van der Waals surface area (Å²) in [6, 6.07) is 18.4. The summed E-state index contributed by atoms with van der Waals surface area (Å²) in [6.45, 7) is 0. The Hall–Kier alpha value is -2.74. The first kappa shape index (κ1) is 17.1. The molecule has 25 heavy (non-hydrogen) atoms. The quantitative estimate of drug-likeness (QED) is 0.429. The number of carbonyl (C=O) groups excluding carboxylic acids is 1. The molecule has 0 radical (unpaired) electrons. The molecular formula is C20H11ClFNOS. The third kappa shape index (κ3) is 3.85. The molecule has 3 aromatic rings. The molecule has 2 aromatic carbocycles. The van der Waals surface area contributed by atoms with Gasteiger partial charge in [-0.2, -0.15) is 5.26 Å². The number of thiophene rings is 1. The van der Waals surface area contributed by atoms with Crippen molar-refractivity contribution in [3.8, 4) is 6.07 Å². The van der Waals surface area contributed by atoms with E-state index < -0.39 is 11.6 Å². The second-order valence-electron chi connectivity index (χ2n) is 5.19. The van der Waals surface area contributed by atoms with Gasteiger partial charge in [-0.1, -0.05) is 35.9 Å². The van der Waals surface area contributed by atoms with Crippen molar-refractivity contribution in [3.05, 3.63) is 92.4 Å². The largest absolute Gasteiger partial charge is 0.288 e. The van der Waals surface area contributed by atoms with Crippen molar-refractivity contribution >= 4 is 40.4 Å². The van der Waals surface area contributed by atoms with Crippen LogP contribution >= 0.6 is 22.9 Å². The fourth-order valence-electron chi connectivity index (χ4n) is 2.27. The van der Waals surface area contributed by atoms with Crippen LogP contribution in [-0.2, 0) is 0 Å². The van der Waals surface area contributed by atoms with Crippen molar-refractivity contribution in [2.24, 2.45) is 0 Å². The van der Waals surface area contributed by atoms with Gasteiger partial charge >= 0.3 is 0 Å². The molecule has 0 atom stereocenters. The molecule has 0 bridgehead atoms. The maximum Gasteiger partial charge on any atom is 0.205 e. The van der Waals surface area contributed by atoms with Crippen LogP contribution in [0.2, 0.25) is 5.02 Å². The van der Waals surface area contributed by atoms with Crippen LogP contribution in [-0.4, -0.2) is 5.78 Å². The minimum absolute atomic E-state index is 0.0242. The highest BCUT2D eigenvalue weighted by atomic mass is 35.5. The zero-order chi connectivity index (χ0) is 17.8. The number of halogens is 2. The van der Waals surface area contributed by atoms with E-state index in [9.17, 15) is 14.4 Å². The van der Waals surface area contributed by atoms with Gasteiger partial charge in [0.2, 0.25) is 5.78 Å². The number of benzene rings is 2. The van der Waals surface area contributed by atoms with E-state index in [1.165, 1.54) is 29.5 Å². The third-order valence-electron chi connectivity index (χ3n) is 3.52. The highest BCUT2D eigenvalue weighted by Crippen LogP contribution is 2.28. The van der Waals surface area contributed by atoms with Gasteiger partial charge in [-0.3, -0.25) is 4.79 Å². The summed E-state index contributed by atoms with van der Waals surface area (Å²) in [6.07, 6.45) is 1.72. The number of hydrogen-bond donors (Lipinski definition) is 0. The van der Waals surface area contributed by atoms with Crippen molar-refractivity contribution in [2.75, 3.05) is 0 Å². The Kier molecular flexibility index (Phi) is 5.08. The van der Waals surface area contributed by atoms with Crippen LogP contribution in [0.15, 0.2) is 60.7 Å². The standard InChI is InChI=1S/C20H11ClFNOS/c21-15-7-5-13(6-8-15)11-14(12-23)18-9-10-19(25-18)20(24)16-3-1-2-4-17(16)22/h1-11H. The molecule has 3 rings (SSSR count). The lowest BCUT2D eigenvalue weighted by Crippen LogP contribution is -2.01. The molecule has 0 amide bonds. The van der Waals surface area contributed by atoms with Gasteiger partial charge in [0.1, 0.15) is 11.9 Å². The molecule has 0 spiro atoms. The Morgan fingerprint density at radius 3 is 2.40 bits per heavy atom. The van der Waals surface area contributed by atoms with E-state index in [2.05, 4.69) is 6.07 Å². The van der Waals surface area contributed by atoms with E-state index >= 15 is 0 Å². The van der Waals surface area contributed by atoms with Crippen molar-refractivity contribution in [1.29, 1.82) is 5.26 Å². The second-order valence-corrected chi connectivity index (χ2v) is 6.71. The van der Waals surface area contributed by atoms with Crippen LogP contribution in [0.4, 0.5) is 4.39 Å². The van der Waals surface area contributed by atoms with Gasteiger partial charge in [-0.25, -0.2) is 4.39 Å². The highest BCUT2D eigenvalue weighted by molar-refractivity contribution is 7.15. The number of carbonyl (C=O) groups is 1. The molecule has 1 aromatic heterocycles. The number of nitriles is 1. The Labute approximate surface area is 153 Å². The first-order valence-corrected chi connectivity index (χ1v) is 8.55. The predicted molar refractivity (Wildman–Crippen MR) is 99.1 cm³/mol. The average Bonchev–Trinajstić information content (AvgIpc) is 3.11. The number of ketones is 1. The lowest BCUT2D eigenvalue weighted by Gasteiger charge is -1.99. The van der Waals surface area contributed by atoms with E-state index in [0.29, 0.717) is 20.4 Å². The predicted octanol–water partition coefficient (Wildman–Crippen LogP) is 5.84. The fourth-order valence-corrected chi connectivity index (χ4v) is 3.32. The molecule has 5 heteroatoms. The SMILES string of the molecule is N#CC(=Cc1ccc(Cl)cc1)c1ccc(C(=O)c2ccccc2F)s1. The van der Waals surface area contributed by atoms with E-state index in [0.717, 1.165) is 5.56 Å². The molecule has 0 saturated heterocycles. The van der Waals surface area contributed by atoms with Gasteiger partial charge < -0.3 is 0 Å². The van der Waals surface area contributed by atoms with Crippen molar-refractivity contribution in [3.63, 3.8) is 0 Å². The summed E-state index contributed by atoms with van der Waals surface area (Å²) in [4.78, 5) is 13.5. The van der Waals surface area contributed by atoms with Gasteiger partial charge in [0.15, 0.2) is 0 Å². The summed E-state index contributed by atoms with van der Waals surface area (Å²) in [5, 5.41) is 10.0. The van der Waals surface area contributed by atoms with Crippen LogP contribution in [0, 0.1) is 17.1 Å². The number of allylic oxidation sites excluding steroid dienone is 1. The van der Waals surface area contributed by atoms with Gasteiger partial charge in [0.05, 0.1) is 16.0 Å². The summed E-state index contributed by atoms with van der Waals surface area (Å²) in [5.41, 5.74) is 1.28. The van der Waals surface area contributed by atoms with Gasteiger partial charge in [-0.05, 0) is 48.0 Å². The average molecular weight is 368 g/mol. The summed E-state index contributed by atoms with van der Waals surface area (Å²) < 4.78 is 13.8. The molecule has 0 saturated carbocycles. The first-order valence-electron chi connectivity index (χ1n) is 7.35. The molecular weight excluding hydrogens is 357 g/mol. The zero-order valence-electron chi connectivity index (χ0n) is 12.9. The zero-order valence-corrected chi connectivity index (χ0v) is 14.4. The van der Waals surface area contributed by atoms with Crippen LogP contribution in [0.3, 0.4) is 0 Å².